The maximum atomic E-state index is 6.42. The monoisotopic (exact) mass is 349 g/mol. The van der Waals surface area contributed by atoms with Gasteiger partial charge in [0, 0.05) is 28.7 Å². The molecule has 0 aliphatic rings. The van der Waals surface area contributed by atoms with Gasteiger partial charge in [0.1, 0.15) is 5.01 Å². The highest BCUT2D eigenvalue weighted by Gasteiger charge is 2.18. The van der Waals surface area contributed by atoms with Crippen molar-refractivity contribution in [1.82, 2.24) is 15.0 Å². The molecule has 5 N–H and O–H groups in total. The summed E-state index contributed by atoms with van der Waals surface area (Å²) in [5.74, 6) is 0. The van der Waals surface area contributed by atoms with E-state index in [1.807, 2.05) is 37.3 Å². The van der Waals surface area contributed by atoms with Crippen molar-refractivity contribution in [2.24, 2.45) is 11.5 Å². The van der Waals surface area contributed by atoms with Gasteiger partial charge < -0.3 is 16.5 Å². The van der Waals surface area contributed by atoms with E-state index in [1.54, 1.807) is 17.7 Å². The molecule has 0 saturated carbocycles. The smallest absolute Gasteiger partial charge is 0.123 e. The minimum absolute atomic E-state index is 0.285. The number of aromatic amines is 1. The lowest BCUT2D eigenvalue weighted by molar-refractivity contribution is 0.575. The van der Waals surface area contributed by atoms with Crippen molar-refractivity contribution in [1.29, 1.82) is 0 Å². The molecule has 0 spiro atoms. The number of nitrogens with one attached hydrogen (secondary N) is 1. The molecule has 0 bridgehead atoms. The standard InChI is InChI=1S/C19H19N5S/c1-11-9-25-19(24-11)13-4-2-12(3-5-13)17(20)18(21)14-6-7-15-16(8-14)23-10-22-15/h2-10,17-18H,20-21H2,1H3,(H,22,23). The van der Waals surface area contributed by atoms with Gasteiger partial charge in [0.2, 0.25) is 0 Å². The number of aromatic nitrogens is 3. The van der Waals surface area contributed by atoms with Crippen molar-refractivity contribution < 1.29 is 0 Å². The number of nitrogens with two attached hydrogens (primary N) is 2. The van der Waals surface area contributed by atoms with Gasteiger partial charge in [-0.1, -0.05) is 30.3 Å². The van der Waals surface area contributed by atoms with E-state index in [4.69, 9.17) is 11.5 Å². The third kappa shape index (κ3) is 3.07. The summed E-state index contributed by atoms with van der Waals surface area (Å²) in [5, 5.41) is 3.07. The fourth-order valence-corrected chi connectivity index (χ4v) is 3.71. The molecule has 0 saturated heterocycles. The van der Waals surface area contributed by atoms with Crippen molar-refractivity contribution in [2.75, 3.05) is 0 Å². The van der Waals surface area contributed by atoms with Gasteiger partial charge in [-0.05, 0) is 30.2 Å². The zero-order chi connectivity index (χ0) is 17.4. The van der Waals surface area contributed by atoms with Gasteiger partial charge in [-0.3, -0.25) is 0 Å². The SMILES string of the molecule is Cc1csc(-c2ccc(C(N)C(N)c3ccc4nc[nH]c4c3)cc2)n1. The summed E-state index contributed by atoms with van der Waals surface area (Å²) >= 11 is 1.65. The third-order valence-corrected chi connectivity index (χ3v) is 5.39. The van der Waals surface area contributed by atoms with E-state index in [-0.39, 0.29) is 12.1 Å². The lowest BCUT2D eigenvalue weighted by Crippen LogP contribution is -2.26. The molecule has 6 heteroatoms. The predicted octanol–water partition coefficient (Wildman–Crippen LogP) is 3.69. The number of rotatable bonds is 4. The maximum absolute atomic E-state index is 6.42. The highest BCUT2D eigenvalue weighted by Crippen LogP contribution is 2.29. The second-order valence-corrected chi connectivity index (χ2v) is 7.00. The van der Waals surface area contributed by atoms with Crippen LogP contribution in [0.3, 0.4) is 0 Å². The molecule has 2 aromatic heterocycles. The summed E-state index contributed by atoms with van der Waals surface area (Å²) in [4.78, 5) is 11.9. The number of benzene rings is 2. The molecule has 126 valence electrons. The average Bonchev–Trinajstić information content (AvgIpc) is 3.28. The zero-order valence-electron chi connectivity index (χ0n) is 13.8. The molecule has 4 rings (SSSR count). The Morgan fingerprint density at radius 2 is 1.72 bits per heavy atom. The second kappa shape index (κ2) is 6.40. The van der Waals surface area contributed by atoms with Crippen LogP contribution in [0.4, 0.5) is 0 Å². The number of hydrogen-bond acceptors (Lipinski definition) is 5. The van der Waals surface area contributed by atoms with Gasteiger partial charge in [-0.2, -0.15) is 0 Å². The van der Waals surface area contributed by atoms with Crippen LogP contribution in [0.15, 0.2) is 54.2 Å². The van der Waals surface area contributed by atoms with Crippen LogP contribution >= 0.6 is 11.3 Å². The number of hydrogen-bond donors (Lipinski definition) is 3. The van der Waals surface area contributed by atoms with Crippen LogP contribution in [0, 0.1) is 6.92 Å². The van der Waals surface area contributed by atoms with E-state index in [9.17, 15) is 0 Å². The van der Waals surface area contributed by atoms with Crippen molar-refractivity contribution in [2.45, 2.75) is 19.0 Å². The molecule has 4 aromatic rings. The van der Waals surface area contributed by atoms with Crippen LogP contribution in [0.25, 0.3) is 21.6 Å². The Hall–Kier alpha value is -2.54. The molecule has 0 aliphatic carbocycles. The fourth-order valence-electron chi connectivity index (χ4n) is 2.91. The number of H-pyrrole nitrogens is 1. The van der Waals surface area contributed by atoms with Gasteiger partial charge >= 0.3 is 0 Å². The van der Waals surface area contributed by atoms with E-state index in [1.165, 1.54) is 0 Å². The number of fused-ring (bicyclic) bond motifs is 1. The first kappa shape index (κ1) is 16.0. The minimum Gasteiger partial charge on any atom is -0.345 e. The molecule has 0 fully saturated rings. The summed E-state index contributed by atoms with van der Waals surface area (Å²) < 4.78 is 0. The summed E-state index contributed by atoms with van der Waals surface area (Å²) in [5.41, 5.74) is 18.9. The lowest BCUT2D eigenvalue weighted by Gasteiger charge is -2.21. The largest absolute Gasteiger partial charge is 0.345 e. The van der Waals surface area contributed by atoms with Crippen LogP contribution in [0.2, 0.25) is 0 Å². The molecule has 5 nitrogen and oxygen atoms in total. The van der Waals surface area contributed by atoms with Crippen molar-refractivity contribution >= 4 is 22.4 Å². The Balaban J connectivity index is 1.57. The van der Waals surface area contributed by atoms with Gasteiger partial charge in [0.15, 0.2) is 0 Å². The predicted molar refractivity (Wildman–Crippen MR) is 102 cm³/mol. The maximum Gasteiger partial charge on any atom is 0.123 e. The number of aryl methyl sites for hydroxylation is 1. The molecule has 0 aliphatic heterocycles. The Kier molecular flexibility index (Phi) is 4.09. The summed E-state index contributed by atoms with van der Waals surface area (Å²) in [6.45, 7) is 2.00. The first-order valence-corrected chi connectivity index (χ1v) is 8.96. The Morgan fingerprint density at radius 3 is 2.44 bits per heavy atom. The quantitative estimate of drug-likeness (QED) is 0.524. The molecular formula is C19H19N5S. The molecule has 2 unspecified atom stereocenters. The summed E-state index contributed by atoms with van der Waals surface area (Å²) in [6.07, 6.45) is 1.68. The van der Waals surface area contributed by atoms with E-state index >= 15 is 0 Å². The lowest BCUT2D eigenvalue weighted by atomic mass is 9.94. The molecule has 2 heterocycles. The van der Waals surface area contributed by atoms with Gasteiger partial charge in [-0.25, -0.2) is 9.97 Å². The average molecular weight is 349 g/mol. The molecule has 25 heavy (non-hydrogen) atoms. The Bertz CT molecular complexity index is 1000. The zero-order valence-corrected chi connectivity index (χ0v) is 14.6. The molecule has 0 amide bonds. The van der Waals surface area contributed by atoms with Gasteiger partial charge in [0.25, 0.3) is 0 Å². The van der Waals surface area contributed by atoms with E-state index in [0.717, 1.165) is 38.4 Å². The highest BCUT2D eigenvalue weighted by atomic mass is 32.1. The Morgan fingerprint density at radius 1 is 1.00 bits per heavy atom. The van der Waals surface area contributed by atoms with Crippen molar-refractivity contribution in [3.05, 3.63) is 71.0 Å². The molecule has 2 aromatic carbocycles. The highest BCUT2D eigenvalue weighted by molar-refractivity contribution is 7.13. The Labute approximate surface area is 149 Å². The number of imidazole rings is 1. The van der Waals surface area contributed by atoms with E-state index in [2.05, 4.69) is 32.5 Å². The van der Waals surface area contributed by atoms with Crippen LogP contribution in [0.1, 0.15) is 28.9 Å². The number of thiazole rings is 1. The molecular weight excluding hydrogens is 330 g/mol. The van der Waals surface area contributed by atoms with Gasteiger partial charge in [0.05, 0.1) is 17.4 Å². The van der Waals surface area contributed by atoms with Gasteiger partial charge in [-0.15, -0.1) is 11.3 Å². The minimum atomic E-state index is -0.291. The van der Waals surface area contributed by atoms with Crippen LogP contribution in [-0.2, 0) is 0 Å². The van der Waals surface area contributed by atoms with Crippen molar-refractivity contribution in [3.8, 4) is 10.6 Å². The summed E-state index contributed by atoms with van der Waals surface area (Å²) in [7, 11) is 0. The summed E-state index contributed by atoms with van der Waals surface area (Å²) in [6, 6.07) is 13.6. The topological polar surface area (TPSA) is 93.6 Å². The third-order valence-electron chi connectivity index (χ3n) is 4.38. The second-order valence-electron chi connectivity index (χ2n) is 6.15. The number of nitrogens with zero attached hydrogens (tertiary/aromatic N) is 2. The normalized spacial score (nSPS) is 13.9. The van der Waals surface area contributed by atoms with E-state index < -0.39 is 0 Å². The van der Waals surface area contributed by atoms with Crippen LogP contribution in [0.5, 0.6) is 0 Å². The fraction of sp³-hybridized carbons (Fsp3) is 0.158. The first-order chi connectivity index (χ1) is 12.1. The van der Waals surface area contributed by atoms with Crippen LogP contribution < -0.4 is 11.5 Å². The first-order valence-electron chi connectivity index (χ1n) is 8.08. The van der Waals surface area contributed by atoms with Crippen molar-refractivity contribution in [3.63, 3.8) is 0 Å². The molecule has 2 atom stereocenters. The van der Waals surface area contributed by atoms with E-state index in [0.29, 0.717) is 0 Å². The molecule has 0 radical (unpaired) electrons. The van der Waals surface area contributed by atoms with Crippen LogP contribution in [-0.4, -0.2) is 15.0 Å².